The van der Waals surface area contributed by atoms with Crippen LogP contribution in [-0.2, 0) is 9.05 Å². The van der Waals surface area contributed by atoms with E-state index in [0.29, 0.717) is 0 Å². The van der Waals surface area contributed by atoms with Gasteiger partial charge in [0, 0.05) is 16.7 Å². The van der Waals surface area contributed by atoms with E-state index in [1.165, 1.54) is 0 Å². The van der Waals surface area contributed by atoms with Crippen molar-refractivity contribution in [3.63, 3.8) is 0 Å². The molecule has 1 aromatic rings. The SMILES string of the molecule is O=[N+]([O-])c1cnc(Cl)c(S(=O)(=O)Cl)c1. The Morgan fingerprint density at radius 3 is 2.50 bits per heavy atom. The average Bonchev–Trinajstić information content (AvgIpc) is 2.02. The molecule has 0 aliphatic heterocycles. The Balaban J connectivity index is 3.44. The van der Waals surface area contributed by atoms with Gasteiger partial charge in [0.05, 0.1) is 4.92 Å². The summed E-state index contributed by atoms with van der Waals surface area (Å²) in [5.41, 5.74) is -0.492. The van der Waals surface area contributed by atoms with Crippen LogP contribution in [0.2, 0.25) is 5.15 Å². The maximum atomic E-state index is 10.8. The first-order valence-corrected chi connectivity index (χ1v) is 5.75. The molecular weight excluding hydrogens is 255 g/mol. The van der Waals surface area contributed by atoms with Crippen LogP contribution in [0.25, 0.3) is 0 Å². The van der Waals surface area contributed by atoms with Gasteiger partial charge in [0.25, 0.3) is 14.7 Å². The van der Waals surface area contributed by atoms with E-state index < -0.39 is 29.7 Å². The Kier molecular flexibility index (Phi) is 2.93. The summed E-state index contributed by atoms with van der Waals surface area (Å²) in [5.74, 6) is 0. The van der Waals surface area contributed by atoms with E-state index >= 15 is 0 Å². The first-order valence-electron chi connectivity index (χ1n) is 3.07. The fraction of sp³-hybridized carbons (Fsp3) is 0. The molecule has 1 aromatic heterocycles. The molecule has 1 heterocycles. The molecule has 0 aliphatic rings. The Bertz CT molecular complexity index is 487. The highest BCUT2D eigenvalue weighted by Crippen LogP contribution is 2.26. The summed E-state index contributed by atoms with van der Waals surface area (Å²) in [4.78, 5) is 12.2. The molecular formula is C5H2Cl2N2O4S. The molecule has 0 saturated carbocycles. The van der Waals surface area contributed by atoms with Crippen LogP contribution in [0.15, 0.2) is 17.2 Å². The van der Waals surface area contributed by atoms with Crippen LogP contribution in [0.3, 0.4) is 0 Å². The van der Waals surface area contributed by atoms with Gasteiger partial charge >= 0.3 is 0 Å². The number of nitrogens with zero attached hydrogens (tertiary/aromatic N) is 2. The van der Waals surface area contributed by atoms with Crippen LogP contribution < -0.4 is 0 Å². The lowest BCUT2D eigenvalue weighted by Gasteiger charge is -1.97. The molecule has 0 spiro atoms. The summed E-state index contributed by atoms with van der Waals surface area (Å²) in [6, 6.07) is 0.748. The monoisotopic (exact) mass is 256 g/mol. The molecule has 1 rings (SSSR count). The molecule has 9 heteroatoms. The van der Waals surface area contributed by atoms with E-state index in [4.69, 9.17) is 22.3 Å². The number of hydrogen-bond acceptors (Lipinski definition) is 5. The lowest BCUT2D eigenvalue weighted by molar-refractivity contribution is -0.385. The third-order valence-corrected chi connectivity index (χ3v) is 3.01. The quantitative estimate of drug-likeness (QED) is 0.347. The number of halogens is 2. The van der Waals surface area contributed by atoms with Crippen LogP contribution in [0.4, 0.5) is 5.69 Å². The second kappa shape index (κ2) is 3.68. The molecule has 0 N–H and O–H groups in total. The predicted octanol–water partition coefficient (Wildman–Crippen LogP) is 1.57. The van der Waals surface area contributed by atoms with Gasteiger partial charge < -0.3 is 0 Å². The van der Waals surface area contributed by atoms with Crippen molar-refractivity contribution in [2.45, 2.75) is 4.90 Å². The molecule has 76 valence electrons. The van der Waals surface area contributed by atoms with Gasteiger partial charge in [-0.05, 0) is 0 Å². The lowest BCUT2D eigenvalue weighted by atomic mass is 10.4. The molecule has 14 heavy (non-hydrogen) atoms. The van der Waals surface area contributed by atoms with E-state index in [9.17, 15) is 18.5 Å². The van der Waals surface area contributed by atoms with Gasteiger partial charge in [-0.2, -0.15) is 0 Å². The maximum absolute atomic E-state index is 10.8. The van der Waals surface area contributed by atoms with Crippen LogP contribution in [0.5, 0.6) is 0 Å². The summed E-state index contributed by atoms with van der Waals surface area (Å²) < 4.78 is 21.7. The highest BCUT2D eigenvalue weighted by atomic mass is 35.7. The smallest absolute Gasteiger partial charge is 0.258 e. The summed E-state index contributed by atoms with van der Waals surface area (Å²) in [6.45, 7) is 0. The third-order valence-electron chi connectivity index (χ3n) is 1.27. The van der Waals surface area contributed by atoms with Crippen LogP contribution in [-0.4, -0.2) is 18.3 Å². The summed E-state index contributed by atoms with van der Waals surface area (Å²) in [5, 5.41) is 9.88. The van der Waals surface area contributed by atoms with Crippen molar-refractivity contribution >= 4 is 37.0 Å². The molecule has 0 atom stereocenters. The first-order chi connectivity index (χ1) is 6.32. The Morgan fingerprint density at radius 2 is 2.07 bits per heavy atom. The molecule has 6 nitrogen and oxygen atoms in total. The Labute approximate surface area is 88.0 Å². The van der Waals surface area contributed by atoms with Crippen molar-refractivity contribution in [3.05, 3.63) is 27.5 Å². The van der Waals surface area contributed by atoms with Crippen molar-refractivity contribution in [1.29, 1.82) is 0 Å². The second-order valence-corrected chi connectivity index (χ2v) is 5.07. The molecule has 0 bridgehead atoms. The van der Waals surface area contributed by atoms with E-state index in [2.05, 4.69) is 4.98 Å². The zero-order valence-electron chi connectivity index (χ0n) is 6.35. The lowest BCUT2D eigenvalue weighted by Crippen LogP contribution is -1.97. The fourth-order valence-electron chi connectivity index (χ4n) is 0.688. The predicted molar refractivity (Wildman–Crippen MR) is 48.9 cm³/mol. The largest absolute Gasteiger partial charge is 0.289 e. The van der Waals surface area contributed by atoms with Crippen LogP contribution in [0, 0.1) is 10.1 Å². The van der Waals surface area contributed by atoms with E-state index in [1.807, 2.05) is 0 Å². The van der Waals surface area contributed by atoms with Gasteiger partial charge in [0.1, 0.15) is 16.2 Å². The minimum Gasteiger partial charge on any atom is -0.258 e. The Hall–Kier alpha value is -0.920. The topological polar surface area (TPSA) is 90.2 Å². The van der Waals surface area contributed by atoms with Gasteiger partial charge in [-0.15, -0.1) is 0 Å². The van der Waals surface area contributed by atoms with Crippen molar-refractivity contribution in [3.8, 4) is 0 Å². The number of nitro groups is 1. The third kappa shape index (κ3) is 2.31. The van der Waals surface area contributed by atoms with Crippen LogP contribution >= 0.6 is 22.3 Å². The average molecular weight is 257 g/mol. The van der Waals surface area contributed by atoms with Gasteiger partial charge in [0.15, 0.2) is 0 Å². The van der Waals surface area contributed by atoms with Crippen molar-refractivity contribution in [2.24, 2.45) is 0 Å². The fourth-order valence-corrected chi connectivity index (χ4v) is 2.08. The molecule has 0 fully saturated rings. The minimum absolute atomic E-state index is 0.398. The zero-order chi connectivity index (χ0) is 10.9. The number of rotatable bonds is 2. The number of aromatic nitrogens is 1. The molecule has 0 aliphatic carbocycles. The molecule has 0 aromatic carbocycles. The summed E-state index contributed by atoms with van der Waals surface area (Å²) in [7, 11) is 0.849. The van der Waals surface area contributed by atoms with Crippen molar-refractivity contribution < 1.29 is 13.3 Å². The molecule has 0 saturated heterocycles. The second-order valence-electron chi connectivity index (χ2n) is 2.18. The summed E-state index contributed by atoms with van der Waals surface area (Å²) >= 11 is 5.39. The van der Waals surface area contributed by atoms with Crippen LogP contribution in [0.1, 0.15) is 0 Å². The zero-order valence-corrected chi connectivity index (χ0v) is 8.67. The van der Waals surface area contributed by atoms with Gasteiger partial charge in [-0.1, -0.05) is 11.6 Å². The molecule has 0 amide bonds. The molecule has 0 unspecified atom stereocenters. The standard InChI is InChI=1S/C5H2Cl2N2O4S/c6-5-4(14(7,12)13)1-3(2-8-5)9(10)11/h1-2H. The van der Waals surface area contributed by atoms with E-state index in [0.717, 1.165) is 12.3 Å². The number of pyridine rings is 1. The van der Waals surface area contributed by atoms with Gasteiger partial charge in [0.2, 0.25) is 0 Å². The van der Waals surface area contributed by atoms with Gasteiger partial charge in [-0.3, -0.25) is 10.1 Å². The number of hydrogen-bond donors (Lipinski definition) is 0. The minimum atomic E-state index is -4.12. The highest BCUT2D eigenvalue weighted by Gasteiger charge is 2.20. The first kappa shape index (κ1) is 11.2. The summed E-state index contributed by atoms with van der Waals surface area (Å²) in [6.07, 6.45) is 0.841. The normalized spacial score (nSPS) is 11.3. The molecule has 0 radical (unpaired) electrons. The van der Waals surface area contributed by atoms with Crippen molar-refractivity contribution in [1.82, 2.24) is 4.98 Å². The van der Waals surface area contributed by atoms with Gasteiger partial charge in [-0.25, -0.2) is 13.4 Å². The van der Waals surface area contributed by atoms with E-state index in [-0.39, 0.29) is 0 Å². The Morgan fingerprint density at radius 1 is 1.50 bits per heavy atom. The van der Waals surface area contributed by atoms with Crippen molar-refractivity contribution in [2.75, 3.05) is 0 Å². The highest BCUT2D eigenvalue weighted by molar-refractivity contribution is 8.13. The maximum Gasteiger partial charge on any atom is 0.289 e. The van der Waals surface area contributed by atoms with E-state index in [1.54, 1.807) is 0 Å².